The molecule has 4 heteroatoms. The van der Waals surface area contributed by atoms with Crippen LogP contribution in [0, 0.1) is 0 Å². The van der Waals surface area contributed by atoms with Gasteiger partial charge in [-0.1, -0.05) is 23.7 Å². The average molecular weight is 237 g/mol. The van der Waals surface area contributed by atoms with Gasteiger partial charge in [0.2, 0.25) is 0 Å². The van der Waals surface area contributed by atoms with Crippen molar-refractivity contribution in [2.24, 2.45) is 4.99 Å². The first-order valence-electron chi connectivity index (χ1n) is 5.50. The normalized spacial score (nSPS) is 27.4. The van der Waals surface area contributed by atoms with Crippen molar-refractivity contribution < 1.29 is 4.74 Å². The number of nitrogens with one attached hydrogen (secondary N) is 1. The van der Waals surface area contributed by atoms with Gasteiger partial charge in [-0.2, -0.15) is 0 Å². The lowest BCUT2D eigenvalue weighted by molar-refractivity contribution is 0.220. The Labute approximate surface area is 99.5 Å². The Morgan fingerprint density at radius 3 is 3.19 bits per heavy atom. The fourth-order valence-electron chi connectivity index (χ4n) is 2.19. The van der Waals surface area contributed by atoms with Gasteiger partial charge in [-0.3, -0.25) is 0 Å². The minimum absolute atomic E-state index is 0.245. The van der Waals surface area contributed by atoms with Crippen LogP contribution in [0.15, 0.2) is 29.3 Å². The van der Waals surface area contributed by atoms with E-state index in [0.29, 0.717) is 6.04 Å². The summed E-state index contributed by atoms with van der Waals surface area (Å²) in [5.41, 5.74) is 1.15. The van der Waals surface area contributed by atoms with Crippen LogP contribution in [0.25, 0.3) is 0 Å². The van der Waals surface area contributed by atoms with Crippen LogP contribution >= 0.6 is 11.6 Å². The molecule has 0 amide bonds. The predicted molar refractivity (Wildman–Crippen MR) is 64.1 cm³/mol. The van der Waals surface area contributed by atoms with Gasteiger partial charge in [0.25, 0.3) is 0 Å². The standard InChI is InChI=1S/C12H13ClN2O/c13-9-3-1-2-8(4-9)5-12-15-10-6-14-7-11(10)16-12/h1-4,10-11,14H,5-7H2. The molecule has 84 valence electrons. The maximum absolute atomic E-state index is 5.94. The zero-order chi connectivity index (χ0) is 11.0. The molecule has 0 aliphatic carbocycles. The number of benzene rings is 1. The summed E-state index contributed by atoms with van der Waals surface area (Å²) in [6, 6.07) is 8.15. The van der Waals surface area contributed by atoms with E-state index in [0.717, 1.165) is 36.0 Å². The molecule has 2 aliphatic rings. The highest BCUT2D eigenvalue weighted by molar-refractivity contribution is 6.30. The number of aliphatic imine (C=N–C) groups is 1. The molecule has 2 heterocycles. The number of nitrogens with zero attached hydrogens (tertiary/aromatic N) is 1. The number of fused-ring (bicyclic) bond motifs is 1. The van der Waals surface area contributed by atoms with E-state index in [4.69, 9.17) is 16.3 Å². The van der Waals surface area contributed by atoms with Crippen LogP contribution in [0.2, 0.25) is 5.02 Å². The van der Waals surface area contributed by atoms with Crippen LogP contribution in [-0.2, 0) is 11.2 Å². The Hall–Kier alpha value is -1.06. The first kappa shape index (κ1) is 10.1. The molecule has 1 fully saturated rings. The topological polar surface area (TPSA) is 33.6 Å². The lowest BCUT2D eigenvalue weighted by Gasteiger charge is -2.08. The van der Waals surface area contributed by atoms with Crippen molar-refractivity contribution >= 4 is 17.5 Å². The maximum atomic E-state index is 5.94. The second kappa shape index (κ2) is 4.07. The molecule has 0 bridgehead atoms. The SMILES string of the molecule is Clc1cccc(CC2=NC3CNCC3O2)c1. The van der Waals surface area contributed by atoms with E-state index < -0.39 is 0 Å². The summed E-state index contributed by atoms with van der Waals surface area (Å²) in [4.78, 5) is 4.56. The van der Waals surface area contributed by atoms with Crippen LogP contribution < -0.4 is 5.32 Å². The molecule has 2 aliphatic heterocycles. The van der Waals surface area contributed by atoms with Crippen molar-refractivity contribution in [2.75, 3.05) is 13.1 Å². The average Bonchev–Trinajstić information content (AvgIpc) is 2.77. The summed E-state index contributed by atoms with van der Waals surface area (Å²) in [6.45, 7) is 1.84. The van der Waals surface area contributed by atoms with Crippen molar-refractivity contribution in [1.29, 1.82) is 0 Å². The minimum Gasteiger partial charge on any atom is -0.474 e. The third-order valence-corrected chi connectivity index (χ3v) is 3.20. The molecule has 1 aromatic rings. The second-order valence-corrected chi connectivity index (χ2v) is 4.65. The second-order valence-electron chi connectivity index (χ2n) is 4.21. The molecule has 1 N–H and O–H groups in total. The molecule has 2 unspecified atom stereocenters. The van der Waals surface area contributed by atoms with Crippen molar-refractivity contribution in [2.45, 2.75) is 18.6 Å². The molecule has 2 atom stereocenters. The van der Waals surface area contributed by atoms with Gasteiger partial charge in [-0.05, 0) is 17.7 Å². The van der Waals surface area contributed by atoms with Gasteiger partial charge in [0.15, 0.2) is 5.90 Å². The number of hydrogen-bond acceptors (Lipinski definition) is 3. The monoisotopic (exact) mass is 236 g/mol. The van der Waals surface area contributed by atoms with Crippen LogP contribution in [0.3, 0.4) is 0 Å². The van der Waals surface area contributed by atoms with Gasteiger partial charge in [0, 0.05) is 24.5 Å². The smallest absolute Gasteiger partial charge is 0.188 e. The summed E-state index contributed by atoms with van der Waals surface area (Å²) in [7, 11) is 0. The fourth-order valence-corrected chi connectivity index (χ4v) is 2.40. The molecule has 1 aromatic carbocycles. The summed E-state index contributed by atoms with van der Waals surface area (Å²) in [6.07, 6.45) is 0.988. The summed E-state index contributed by atoms with van der Waals surface area (Å²) < 4.78 is 5.77. The third kappa shape index (κ3) is 1.93. The number of halogens is 1. The van der Waals surface area contributed by atoms with Crippen molar-refractivity contribution in [3.8, 4) is 0 Å². The number of hydrogen-bond donors (Lipinski definition) is 1. The molecule has 0 saturated carbocycles. The van der Waals surface area contributed by atoms with Crippen LogP contribution in [-0.4, -0.2) is 31.1 Å². The largest absolute Gasteiger partial charge is 0.474 e. The Bertz CT molecular complexity index is 433. The highest BCUT2D eigenvalue weighted by Crippen LogP contribution is 2.20. The Balaban J connectivity index is 1.72. The van der Waals surface area contributed by atoms with E-state index in [-0.39, 0.29) is 6.10 Å². The van der Waals surface area contributed by atoms with E-state index in [1.165, 1.54) is 0 Å². The molecule has 3 nitrogen and oxygen atoms in total. The van der Waals surface area contributed by atoms with Crippen molar-refractivity contribution in [1.82, 2.24) is 5.32 Å². The van der Waals surface area contributed by atoms with Crippen molar-refractivity contribution in [3.05, 3.63) is 34.9 Å². The van der Waals surface area contributed by atoms with Crippen LogP contribution in [0.1, 0.15) is 5.56 Å². The van der Waals surface area contributed by atoms with E-state index in [2.05, 4.69) is 10.3 Å². The predicted octanol–water partition coefficient (Wildman–Crippen LogP) is 1.65. The molecule has 3 rings (SSSR count). The summed E-state index contributed by atoms with van der Waals surface area (Å²) in [5, 5.41) is 4.03. The van der Waals surface area contributed by atoms with Crippen molar-refractivity contribution in [3.63, 3.8) is 0 Å². The Kier molecular flexibility index (Phi) is 2.58. The van der Waals surface area contributed by atoms with E-state index >= 15 is 0 Å². The maximum Gasteiger partial charge on any atom is 0.188 e. The quantitative estimate of drug-likeness (QED) is 0.847. The zero-order valence-electron chi connectivity index (χ0n) is 8.82. The zero-order valence-corrected chi connectivity index (χ0v) is 9.57. The van der Waals surface area contributed by atoms with E-state index in [1.54, 1.807) is 0 Å². The lowest BCUT2D eigenvalue weighted by atomic mass is 10.1. The summed E-state index contributed by atoms with van der Waals surface area (Å²) >= 11 is 5.94. The number of ether oxygens (including phenoxy) is 1. The van der Waals surface area contributed by atoms with E-state index in [1.807, 2.05) is 24.3 Å². The van der Waals surface area contributed by atoms with Gasteiger partial charge >= 0.3 is 0 Å². The van der Waals surface area contributed by atoms with Crippen LogP contribution in [0.5, 0.6) is 0 Å². The van der Waals surface area contributed by atoms with Crippen LogP contribution in [0.4, 0.5) is 0 Å². The highest BCUT2D eigenvalue weighted by atomic mass is 35.5. The first-order chi connectivity index (χ1) is 7.81. The Morgan fingerprint density at radius 2 is 2.38 bits per heavy atom. The Morgan fingerprint density at radius 1 is 1.44 bits per heavy atom. The molecule has 16 heavy (non-hydrogen) atoms. The molecule has 1 saturated heterocycles. The molecule has 0 radical (unpaired) electrons. The lowest BCUT2D eigenvalue weighted by Crippen LogP contribution is -2.20. The van der Waals surface area contributed by atoms with E-state index in [9.17, 15) is 0 Å². The molecule has 0 aromatic heterocycles. The minimum atomic E-state index is 0.245. The van der Waals surface area contributed by atoms with Gasteiger partial charge in [0.1, 0.15) is 12.1 Å². The first-order valence-corrected chi connectivity index (χ1v) is 5.87. The number of rotatable bonds is 2. The van der Waals surface area contributed by atoms with Gasteiger partial charge in [-0.25, -0.2) is 4.99 Å². The third-order valence-electron chi connectivity index (χ3n) is 2.97. The molecular weight excluding hydrogens is 224 g/mol. The van der Waals surface area contributed by atoms with Gasteiger partial charge in [0.05, 0.1) is 0 Å². The van der Waals surface area contributed by atoms with Gasteiger partial charge < -0.3 is 10.1 Å². The molecular formula is C12H13ClN2O. The summed E-state index contributed by atoms with van der Waals surface area (Å²) in [5.74, 6) is 0.846. The molecule has 0 spiro atoms. The highest BCUT2D eigenvalue weighted by Gasteiger charge is 2.34. The van der Waals surface area contributed by atoms with Gasteiger partial charge in [-0.15, -0.1) is 0 Å². The fraction of sp³-hybridized carbons (Fsp3) is 0.417.